The third kappa shape index (κ3) is 11.7. The van der Waals surface area contributed by atoms with E-state index >= 15 is 0 Å². The molecule has 0 heterocycles. The Kier molecular flexibility index (Phi) is 13.5. The molecule has 2 heteroatoms. The standard InChI is InChI=1S/C40H56O2/c1-29(17-13-19-31(3)21-23-37-33(5)25-35(41)27-39(37,7)8)15-11-12-16-30(2)18-14-20-32(4)22-24-38-34(6)26-36(42)28-40(38,9)10/h11-25,35-37,41-42H,26-28H2,1-10H3/b12-11+,17-13?,18-14?,23-21?,24-22?,29-15?,30-16?,31-19?,32-20?/t35?,36-,37-/m1/s1. The molecule has 0 aromatic heterocycles. The Hall–Kier alpha value is -2.94. The van der Waals surface area contributed by atoms with Gasteiger partial charge in [0, 0.05) is 5.92 Å². The molecule has 0 aliphatic heterocycles. The molecule has 2 rings (SSSR count). The van der Waals surface area contributed by atoms with Gasteiger partial charge in [-0.1, -0.05) is 152 Å². The molecule has 0 spiro atoms. The van der Waals surface area contributed by atoms with Crippen molar-refractivity contribution in [2.24, 2.45) is 16.7 Å². The van der Waals surface area contributed by atoms with Crippen molar-refractivity contribution in [3.8, 4) is 0 Å². The lowest BCUT2D eigenvalue weighted by molar-refractivity contribution is 0.116. The van der Waals surface area contributed by atoms with E-state index in [9.17, 15) is 10.2 Å². The van der Waals surface area contributed by atoms with Gasteiger partial charge in [-0.15, -0.1) is 0 Å². The Balaban J connectivity index is 1.90. The van der Waals surface area contributed by atoms with Crippen LogP contribution in [0.4, 0.5) is 0 Å². The van der Waals surface area contributed by atoms with E-state index < -0.39 is 0 Å². The van der Waals surface area contributed by atoms with E-state index in [2.05, 4.69) is 154 Å². The van der Waals surface area contributed by atoms with E-state index in [4.69, 9.17) is 0 Å². The highest BCUT2D eigenvalue weighted by Gasteiger charge is 2.34. The minimum Gasteiger partial charge on any atom is -0.393 e. The van der Waals surface area contributed by atoms with E-state index in [1.165, 1.54) is 39.0 Å². The van der Waals surface area contributed by atoms with Crippen LogP contribution in [0.5, 0.6) is 0 Å². The van der Waals surface area contributed by atoms with Crippen molar-refractivity contribution in [1.29, 1.82) is 0 Å². The van der Waals surface area contributed by atoms with Gasteiger partial charge in [0.2, 0.25) is 0 Å². The quantitative estimate of drug-likeness (QED) is 0.203. The second-order valence-electron chi connectivity index (χ2n) is 13.7. The normalized spacial score (nSPS) is 26.6. The molecule has 0 aromatic carbocycles. The van der Waals surface area contributed by atoms with E-state index in [1.54, 1.807) is 0 Å². The summed E-state index contributed by atoms with van der Waals surface area (Å²) in [6, 6.07) is 0. The zero-order valence-corrected chi connectivity index (χ0v) is 27.9. The van der Waals surface area contributed by atoms with E-state index in [1.807, 2.05) is 6.08 Å². The van der Waals surface area contributed by atoms with Crippen molar-refractivity contribution in [1.82, 2.24) is 0 Å². The summed E-state index contributed by atoms with van der Waals surface area (Å²) in [5.74, 6) is 0.348. The second kappa shape index (κ2) is 16.1. The summed E-state index contributed by atoms with van der Waals surface area (Å²) in [5.41, 5.74) is 8.73. The van der Waals surface area contributed by atoms with Crippen molar-refractivity contribution in [3.05, 3.63) is 130 Å². The first-order valence-corrected chi connectivity index (χ1v) is 15.4. The first-order chi connectivity index (χ1) is 19.6. The van der Waals surface area contributed by atoms with Gasteiger partial charge in [0.05, 0.1) is 12.2 Å². The molecular formula is C40H56O2. The predicted molar refractivity (Wildman–Crippen MR) is 184 cm³/mol. The average Bonchev–Trinajstić information content (AvgIpc) is 2.84. The molecular weight excluding hydrogens is 512 g/mol. The van der Waals surface area contributed by atoms with E-state index in [-0.39, 0.29) is 23.0 Å². The van der Waals surface area contributed by atoms with Crippen LogP contribution in [0.2, 0.25) is 0 Å². The summed E-state index contributed by atoms with van der Waals surface area (Å²) in [6.45, 7) is 21.6. The van der Waals surface area contributed by atoms with Gasteiger partial charge in [0.25, 0.3) is 0 Å². The summed E-state index contributed by atoms with van der Waals surface area (Å²) >= 11 is 0. The van der Waals surface area contributed by atoms with Crippen molar-refractivity contribution < 1.29 is 10.2 Å². The molecule has 0 saturated carbocycles. The van der Waals surface area contributed by atoms with Crippen LogP contribution < -0.4 is 0 Å². The van der Waals surface area contributed by atoms with Crippen LogP contribution in [0.15, 0.2) is 130 Å². The Bertz CT molecular complexity index is 1270. The molecule has 42 heavy (non-hydrogen) atoms. The number of allylic oxidation sites excluding steroid dienone is 20. The van der Waals surface area contributed by atoms with Gasteiger partial charge >= 0.3 is 0 Å². The maximum atomic E-state index is 10.1. The molecule has 0 amide bonds. The van der Waals surface area contributed by atoms with Crippen LogP contribution in [0, 0.1) is 16.7 Å². The summed E-state index contributed by atoms with van der Waals surface area (Å²) in [4.78, 5) is 0. The first kappa shape index (κ1) is 35.3. The molecule has 0 radical (unpaired) electrons. The van der Waals surface area contributed by atoms with Gasteiger partial charge in [0.1, 0.15) is 0 Å². The largest absolute Gasteiger partial charge is 0.393 e. The van der Waals surface area contributed by atoms with Crippen molar-refractivity contribution >= 4 is 0 Å². The Morgan fingerprint density at radius 3 is 1.74 bits per heavy atom. The van der Waals surface area contributed by atoms with Crippen molar-refractivity contribution in [2.75, 3.05) is 0 Å². The van der Waals surface area contributed by atoms with Gasteiger partial charge in [-0.3, -0.25) is 0 Å². The molecule has 2 aliphatic carbocycles. The fourth-order valence-electron chi connectivity index (χ4n) is 6.14. The predicted octanol–water partition coefficient (Wildman–Crippen LogP) is 10.4. The second-order valence-corrected chi connectivity index (χ2v) is 13.7. The number of hydrogen-bond donors (Lipinski definition) is 2. The highest BCUT2D eigenvalue weighted by molar-refractivity contribution is 5.38. The Morgan fingerprint density at radius 2 is 1.21 bits per heavy atom. The summed E-state index contributed by atoms with van der Waals surface area (Å²) < 4.78 is 0. The molecule has 0 aromatic rings. The molecule has 0 bridgehead atoms. The summed E-state index contributed by atoms with van der Waals surface area (Å²) in [5, 5.41) is 20.2. The molecule has 1 unspecified atom stereocenters. The topological polar surface area (TPSA) is 40.5 Å². The highest BCUT2D eigenvalue weighted by atomic mass is 16.3. The van der Waals surface area contributed by atoms with Crippen LogP contribution in [-0.2, 0) is 0 Å². The van der Waals surface area contributed by atoms with Gasteiger partial charge in [0.15, 0.2) is 0 Å². The molecule has 228 valence electrons. The van der Waals surface area contributed by atoms with Gasteiger partial charge in [-0.2, -0.15) is 0 Å². The molecule has 2 N–H and O–H groups in total. The number of hydrogen-bond acceptors (Lipinski definition) is 2. The smallest absolute Gasteiger partial charge is 0.0729 e. The number of rotatable bonds is 10. The zero-order chi connectivity index (χ0) is 31.5. The maximum Gasteiger partial charge on any atom is 0.0729 e. The van der Waals surface area contributed by atoms with Gasteiger partial charge < -0.3 is 10.2 Å². The van der Waals surface area contributed by atoms with Crippen molar-refractivity contribution in [2.45, 2.75) is 101 Å². The summed E-state index contributed by atoms with van der Waals surface area (Å²) in [7, 11) is 0. The third-order valence-corrected chi connectivity index (χ3v) is 8.33. The number of aliphatic hydroxyl groups is 2. The van der Waals surface area contributed by atoms with E-state index in [0.29, 0.717) is 5.92 Å². The average molecular weight is 569 g/mol. The SMILES string of the molecule is CC(C=CC1=C(C)C[C@@H](O)CC1(C)C)=CC=CC(C)=C/C=C/C=C(C)C=CC=C(C)C=C[C@@H]1C(C)=CC(O)CC1(C)C. The minimum absolute atomic E-state index is 0.00528. The van der Waals surface area contributed by atoms with Gasteiger partial charge in [-0.05, 0) is 77.2 Å². The number of aliphatic hydroxyl groups excluding tert-OH is 2. The van der Waals surface area contributed by atoms with Crippen molar-refractivity contribution in [3.63, 3.8) is 0 Å². The van der Waals surface area contributed by atoms with Crippen LogP contribution in [0.3, 0.4) is 0 Å². The fraction of sp³-hybridized carbons (Fsp3) is 0.450. The Labute approximate surface area is 257 Å². The van der Waals surface area contributed by atoms with Gasteiger partial charge in [-0.25, -0.2) is 0 Å². The van der Waals surface area contributed by atoms with Crippen LogP contribution in [-0.4, -0.2) is 22.4 Å². The summed E-state index contributed by atoms with van der Waals surface area (Å²) in [6.07, 6.45) is 33.8. The first-order valence-electron chi connectivity index (χ1n) is 15.4. The molecule has 0 fully saturated rings. The molecule has 2 nitrogen and oxygen atoms in total. The van der Waals surface area contributed by atoms with E-state index in [0.717, 1.165) is 19.3 Å². The lowest BCUT2D eigenvalue weighted by Gasteiger charge is -2.38. The molecule has 2 aliphatic rings. The Morgan fingerprint density at radius 1 is 0.714 bits per heavy atom. The van der Waals surface area contributed by atoms with Crippen LogP contribution in [0.25, 0.3) is 0 Å². The maximum absolute atomic E-state index is 10.1. The molecule has 0 saturated heterocycles. The molecule has 3 atom stereocenters. The monoisotopic (exact) mass is 568 g/mol. The lowest BCUT2D eigenvalue weighted by atomic mass is 9.67. The lowest BCUT2D eigenvalue weighted by Crippen LogP contribution is -2.32. The zero-order valence-electron chi connectivity index (χ0n) is 27.9. The van der Waals surface area contributed by atoms with Crippen LogP contribution >= 0.6 is 0 Å². The third-order valence-electron chi connectivity index (χ3n) is 8.33. The minimum atomic E-state index is -0.331. The van der Waals surface area contributed by atoms with Crippen LogP contribution in [0.1, 0.15) is 88.5 Å². The fourth-order valence-corrected chi connectivity index (χ4v) is 6.14. The highest BCUT2D eigenvalue weighted by Crippen LogP contribution is 2.42.